The summed E-state index contributed by atoms with van der Waals surface area (Å²) >= 11 is 4.19. The Morgan fingerprint density at radius 3 is 2.62 bits per heavy atom. The number of hydrogen-bond acceptors (Lipinski definition) is 8. The Labute approximate surface area is 178 Å². The van der Waals surface area contributed by atoms with E-state index >= 15 is 0 Å². The Bertz CT molecular complexity index is 1050. The zero-order valence-corrected chi connectivity index (χ0v) is 17.8. The maximum absolute atomic E-state index is 12.3. The van der Waals surface area contributed by atoms with Crippen molar-refractivity contribution in [3.63, 3.8) is 0 Å². The van der Waals surface area contributed by atoms with Gasteiger partial charge in [-0.1, -0.05) is 11.3 Å². The minimum atomic E-state index is -0.702. The van der Waals surface area contributed by atoms with Gasteiger partial charge in [0.15, 0.2) is 5.01 Å². The first-order valence-electron chi connectivity index (χ1n) is 8.31. The number of hydrogen-bond donors (Lipinski definition) is 2. The molecule has 1 heterocycles. The second-order valence-electron chi connectivity index (χ2n) is 5.90. The van der Waals surface area contributed by atoms with E-state index in [0.29, 0.717) is 20.9 Å². The van der Waals surface area contributed by atoms with Crippen LogP contribution < -0.4 is 10.1 Å². The lowest BCUT2D eigenvalue weighted by Gasteiger charge is -2.07. The van der Waals surface area contributed by atoms with E-state index in [9.17, 15) is 14.7 Å². The number of amides is 1. The van der Waals surface area contributed by atoms with Crippen LogP contribution in [0, 0.1) is 6.92 Å². The number of halogens is 1. The zero-order chi connectivity index (χ0) is 21.0. The number of esters is 1. The standard InChI is InChI=1S/C19H16BrN3O5S/c1-10-7-13(16(24)14(20)8-10)19(26)28-9-15-22-23-18(29-15)17(25)21-11-3-5-12(27-2)6-4-11/h3-8,24H,9H2,1-2H3,(H,21,25). The quantitative estimate of drug-likeness (QED) is 0.517. The van der Waals surface area contributed by atoms with Crippen LogP contribution in [0.25, 0.3) is 0 Å². The summed E-state index contributed by atoms with van der Waals surface area (Å²) in [5.74, 6) is -0.649. The van der Waals surface area contributed by atoms with Crippen molar-refractivity contribution in [2.75, 3.05) is 12.4 Å². The van der Waals surface area contributed by atoms with Crippen LogP contribution in [-0.2, 0) is 11.3 Å². The Hall–Kier alpha value is -2.98. The monoisotopic (exact) mass is 477 g/mol. The lowest BCUT2D eigenvalue weighted by Crippen LogP contribution is -2.11. The number of anilines is 1. The minimum Gasteiger partial charge on any atom is -0.506 e. The van der Waals surface area contributed by atoms with Crippen LogP contribution in [0.15, 0.2) is 40.9 Å². The first-order valence-corrected chi connectivity index (χ1v) is 9.92. The predicted molar refractivity (Wildman–Crippen MR) is 111 cm³/mol. The smallest absolute Gasteiger partial charge is 0.342 e. The molecule has 1 amide bonds. The van der Waals surface area contributed by atoms with E-state index in [4.69, 9.17) is 9.47 Å². The highest BCUT2D eigenvalue weighted by atomic mass is 79.9. The topological polar surface area (TPSA) is 111 Å². The van der Waals surface area contributed by atoms with Gasteiger partial charge >= 0.3 is 5.97 Å². The van der Waals surface area contributed by atoms with Crippen molar-refractivity contribution in [2.24, 2.45) is 0 Å². The Morgan fingerprint density at radius 2 is 1.93 bits per heavy atom. The third-order valence-corrected chi connectivity index (χ3v) is 5.26. The van der Waals surface area contributed by atoms with Gasteiger partial charge in [0.1, 0.15) is 23.7 Å². The van der Waals surface area contributed by atoms with Gasteiger partial charge in [-0.05, 0) is 64.8 Å². The minimum absolute atomic E-state index is 0.0406. The van der Waals surface area contributed by atoms with Crippen LogP contribution in [0.2, 0.25) is 0 Å². The Morgan fingerprint density at radius 1 is 1.21 bits per heavy atom. The second-order valence-corrected chi connectivity index (χ2v) is 7.82. The number of phenols is 1. The van der Waals surface area contributed by atoms with Crippen molar-refractivity contribution in [1.82, 2.24) is 10.2 Å². The molecule has 150 valence electrons. The number of phenolic OH excluding ortho intramolecular Hbond substituents is 1. The maximum atomic E-state index is 12.3. The largest absolute Gasteiger partial charge is 0.506 e. The molecule has 1 aromatic heterocycles. The Kier molecular flexibility index (Phi) is 6.45. The number of rotatable bonds is 6. The van der Waals surface area contributed by atoms with Gasteiger partial charge in [-0.15, -0.1) is 10.2 Å². The molecule has 10 heteroatoms. The summed E-state index contributed by atoms with van der Waals surface area (Å²) in [7, 11) is 1.56. The number of methoxy groups -OCH3 is 1. The fourth-order valence-electron chi connectivity index (χ4n) is 2.36. The molecule has 0 fully saturated rings. The number of benzene rings is 2. The normalized spacial score (nSPS) is 10.4. The van der Waals surface area contributed by atoms with Crippen molar-refractivity contribution in [3.05, 3.63) is 62.0 Å². The van der Waals surface area contributed by atoms with Crippen LogP contribution in [0.4, 0.5) is 5.69 Å². The number of ether oxygens (including phenoxy) is 2. The molecule has 0 atom stereocenters. The first-order chi connectivity index (χ1) is 13.9. The van der Waals surface area contributed by atoms with E-state index in [0.717, 1.165) is 16.9 Å². The van der Waals surface area contributed by atoms with Crippen molar-refractivity contribution >= 4 is 44.8 Å². The average Bonchev–Trinajstić information content (AvgIpc) is 3.18. The maximum Gasteiger partial charge on any atom is 0.342 e. The summed E-state index contributed by atoms with van der Waals surface area (Å²) in [5, 5.41) is 20.9. The molecule has 2 N–H and O–H groups in total. The highest BCUT2D eigenvalue weighted by Crippen LogP contribution is 2.30. The fourth-order valence-corrected chi connectivity index (χ4v) is 3.58. The van der Waals surface area contributed by atoms with Gasteiger partial charge in [0.05, 0.1) is 11.6 Å². The summed E-state index contributed by atoms with van der Waals surface area (Å²) in [4.78, 5) is 24.5. The van der Waals surface area contributed by atoms with Gasteiger partial charge in [0.25, 0.3) is 5.91 Å². The number of aryl methyl sites for hydroxylation is 1. The molecule has 0 radical (unpaired) electrons. The molecular weight excluding hydrogens is 462 g/mol. The lowest BCUT2D eigenvalue weighted by molar-refractivity contribution is 0.0468. The summed E-state index contributed by atoms with van der Waals surface area (Å²) < 4.78 is 10.7. The van der Waals surface area contributed by atoms with Gasteiger partial charge in [-0.25, -0.2) is 4.79 Å². The molecular formula is C19H16BrN3O5S. The molecule has 0 unspecified atom stereocenters. The third kappa shape index (κ3) is 5.09. The molecule has 0 aliphatic carbocycles. The first kappa shape index (κ1) is 20.7. The second kappa shape index (κ2) is 9.01. The van der Waals surface area contributed by atoms with E-state index in [-0.39, 0.29) is 22.9 Å². The summed E-state index contributed by atoms with van der Waals surface area (Å²) in [6.07, 6.45) is 0. The van der Waals surface area contributed by atoms with Crippen molar-refractivity contribution in [2.45, 2.75) is 13.5 Å². The van der Waals surface area contributed by atoms with Crippen molar-refractivity contribution in [3.8, 4) is 11.5 Å². The lowest BCUT2D eigenvalue weighted by atomic mass is 10.1. The number of nitrogens with zero attached hydrogens (tertiary/aromatic N) is 2. The molecule has 29 heavy (non-hydrogen) atoms. The van der Waals surface area contributed by atoms with E-state index in [1.807, 2.05) is 0 Å². The summed E-state index contributed by atoms with van der Waals surface area (Å²) in [5.41, 5.74) is 1.41. The van der Waals surface area contributed by atoms with E-state index in [2.05, 4.69) is 31.4 Å². The van der Waals surface area contributed by atoms with E-state index in [1.54, 1.807) is 44.4 Å². The molecule has 8 nitrogen and oxygen atoms in total. The summed E-state index contributed by atoms with van der Waals surface area (Å²) in [6.45, 7) is 1.62. The summed E-state index contributed by atoms with van der Waals surface area (Å²) in [6, 6.07) is 10.1. The van der Waals surface area contributed by atoms with E-state index < -0.39 is 11.9 Å². The van der Waals surface area contributed by atoms with Gasteiger partial charge in [0.2, 0.25) is 5.01 Å². The highest BCUT2D eigenvalue weighted by Gasteiger charge is 2.18. The number of nitrogens with one attached hydrogen (secondary N) is 1. The molecule has 0 saturated carbocycles. The Balaban J connectivity index is 1.61. The average molecular weight is 478 g/mol. The van der Waals surface area contributed by atoms with Gasteiger partial charge in [-0.2, -0.15) is 0 Å². The van der Waals surface area contributed by atoms with Crippen LogP contribution in [0.1, 0.15) is 30.7 Å². The van der Waals surface area contributed by atoms with Crippen molar-refractivity contribution in [1.29, 1.82) is 0 Å². The number of carbonyl (C=O) groups is 2. The molecule has 0 bridgehead atoms. The molecule has 0 aliphatic rings. The number of carbonyl (C=O) groups excluding carboxylic acids is 2. The van der Waals surface area contributed by atoms with Crippen LogP contribution in [0.5, 0.6) is 11.5 Å². The van der Waals surface area contributed by atoms with Gasteiger partial charge in [0, 0.05) is 5.69 Å². The van der Waals surface area contributed by atoms with Crippen molar-refractivity contribution < 1.29 is 24.2 Å². The molecule has 0 aliphatic heterocycles. The van der Waals surface area contributed by atoms with Crippen LogP contribution in [-0.4, -0.2) is 34.3 Å². The van der Waals surface area contributed by atoms with Crippen LogP contribution in [0.3, 0.4) is 0 Å². The SMILES string of the molecule is COc1ccc(NC(=O)c2nnc(COC(=O)c3cc(C)cc(Br)c3O)s2)cc1. The van der Waals surface area contributed by atoms with Gasteiger partial charge in [-0.3, -0.25) is 4.79 Å². The molecule has 0 saturated heterocycles. The fraction of sp³-hybridized carbons (Fsp3) is 0.158. The number of aromatic hydroxyl groups is 1. The number of aromatic nitrogens is 2. The third-order valence-electron chi connectivity index (χ3n) is 3.76. The van der Waals surface area contributed by atoms with Crippen LogP contribution >= 0.6 is 27.3 Å². The molecule has 3 rings (SSSR count). The predicted octanol–water partition coefficient (Wildman–Crippen LogP) is 3.93. The highest BCUT2D eigenvalue weighted by molar-refractivity contribution is 9.10. The molecule has 0 spiro atoms. The van der Waals surface area contributed by atoms with Gasteiger partial charge < -0.3 is 19.9 Å². The zero-order valence-electron chi connectivity index (χ0n) is 15.4. The molecule has 3 aromatic rings. The molecule has 2 aromatic carbocycles. The van der Waals surface area contributed by atoms with E-state index in [1.165, 1.54) is 6.07 Å².